The largest absolute Gasteiger partial charge is 0.346 e. The van der Waals surface area contributed by atoms with Crippen LogP contribution < -0.4 is 10.6 Å². The highest BCUT2D eigenvalue weighted by molar-refractivity contribution is 7.13. The molecule has 0 bridgehead atoms. The minimum atomic E-state index is -0.182. The van der Waals surface area contributed by atoms with E-state index in [2.05, 4.69) is 20.6 Å². The Labute approximate surface area is 148 Å². The van der Waals surface area contributed by atoms with Gasteiger partial charge in [-0.15, -0.1) is 11.3 Å². The maximum atomic E-state index is 12.3. The fourth-order valence-corrected chi connectivity index (χ4v) is 3.46. The molecular formula is C18H14N4O2S. The van der Waals surface area contributed by atoms with E-state index in [1.165, 1.54) is 11.3 Å². The Hall–Kier alpha value is -3.06. The third kappa shape index (κ3) is 3.27. The number of anilines is 1. The highest BCUT2D eigenvalue weighted by Crippen LogP contribution is 2.24. The van der Waals surface area contributed by atoms with Crippen LogP contribution in [0.5, 0.6) is 0 Å². The lowest BCUT2D eigenvalue weighted by Crippen LogP contribution is -2.23. The highest BCUT2D eigenvalue weighted by Gasteiger charge is 2.19. The lowest BCUT2D eigenvalue weighted by atomic mass is 10.1. The molecule has 2 aromatic heterocycles. The summed E-state index contributed by atoms with van der Waals surface area (Å²) in [4.78, 5) is 32.3. The van der Waals surface area contributed by atoms with Crippen molar-refractivity contribution in [2.45, 2.75) is 13.0 Å². The number of thiazole rings is 1. The predicted octanol–water partition coefficient (Wildman–Crippen LogP) is 2.63. The maximum Gasteiger partial charge on any atom is 0.251 e. The molecule has 0 saturated carbocycles. The standard InChI is InChI=1S/C18H14N4O2S/c23-16-7-13-6-11(3-4-15(13)22-16)17(24)20-9-14-10-25-18(21-14)12-2-1-5-19-8-12/h1-6,8,10H,7,9H2,(H,20,24)(H,22,23). The summed E-state index contributed by atoms with van der Waals surface area (Å²) in [5.74, 6) is -0.226. The van der Waals surface area contributed by atoms with Crippen molar-refractivity contribution in [2.24, 2.45) is 0 Å². The van der Waals surface area contributed by atoms with E-state index in [-0.39, 0.29) is 11.8 Å². The van der Waals surface area contributed by atoms with Crippen LogP contribution >= 0.6 is 11.3 Å². The second-order valence-electron chi connectivity index (χ2n) is 5.67. The van der Waals surface area contributed by atoms with Crippen LogP contribution in [0.2, 0.25) is 0 Å². The fourth-order valence-electron chi connectivity index (χ4n) is 2.65. The Kier molecular flexibility index (Phi) is 3.99. The number of hydrogen-bond acceptors (Lipinski definition) is 5. The molecule has 1 aromatic carbocycles. The molecule has 0 radical (unpaired) electrons. The molecule has 6 nitrogen and oxygen atoms in total. The summed E-state index contributed by atoms with van der Waals surface area (Å²) in [6.07, 6.45) is 3.80. The lowest BCUT2D eigenvalue weighted by Gasteiger charge is -2.05. The van der Waals surface area contributed by atoms with E-state index < -0.39 is 0 Å². The summed E-state index contributed by atoms with van der Waals surface area (Å²) in [5, 5.41) is 8.42. The summed E-state index contributed by atoms with van der Waals surface area (Å²) >= 11 is 1.52. The second kappa shape index (κ2) is 6.45. The monoisotopic (exact) mass is 350 g/mol. The zero-order valence-electron chi connectivity index (χ0n) is 13.2. The van der Waals surface area contributed by atoms with Gasteiger partial charge in [-0.2, -0.15) is 0 Å². The van der Waals surface area contributed by atoms with E-state index in [0.29, 0.717) is 18.5 Å². The van der Waals surface area contributed by atoms with Crippen molar-refractivity contribution in [3.63, 3.8) is 0 Å². The summed E-state index contributed by atoms with van der Waals surface area (Å²) in [5.41, 5.74) is 3.93. The molecule has 0 saturated heterocycles. The third-order valence-electron chi connectivity index (χ3n) is 3.88. The van der Waals surface area contributed by atoms with Gasteiger partial charge in [0.2, 0.25) is 5.91 Å². The normalized spacial score (nSPS) is 12.6. The van der Waals surface area contributed by atoms with Crippen molar-refractivity contribution < 1.29 is 9.59 Å². The Bertz CT molecular complexity index is 953. The van der Waals surface area contributed by atoms with Gasteiger partial charge in [0, 0.05) is 34.6 Å². The van der Waals surface area contributed by atoms with E-state index in [9.17, 15) is 9.59 Å². The van der Waals surface area contributed by atoms with Crippen molar-refractivity contribution >= 4 is 28.8 Å². The molecule has 4 rings (SSSR count). The van der Waals surface area contributed by atoms with Crippen molar-refractivity contribution in [3.05, 3.63) is 64.9 Å². The molecule has 0 fully saturated rings. The van der Waals surface area contributed by atoms with Gasteiger partial charge in [-0.1, -0.05) is 0 Å². The van der Waals surface area contributed by atoms with Crippen LogP contribution in [0, 0.1) is 0 Å². The molecule has 3 aromatic rings. The number of benzene rings is 1. The quantitative estimate of drug-likeness (QED) is 0.758. The molecular weight excluding hydrogens is 336 g/mol. The van der Waals surface area contributed by atoms with Gasteiger partial charge in [-0.05, 0) is 35.9 Å². The number of carbonyl (C=O) groups is 2. The molecule has 3 heterocycles. The van der Waals surface area contributed by atoms with Gasteiger partial charge >= 0.3 is 0 Å². The van der Waals surface area contributed by atoms with Gasteiger partial charge in [-0.25, -0.2) is 4.98 Å². The highest BCUT2D eigenvalue weighted by atomic mass is 32.1. The molecule has 2 N–H and O–H groups in total. The Morgan fingerprint density at radius 1 is 1.32 bits per heavy atom. The molecule has 1 aliphatic rings. The molecule has 0 aliphatic carbocycles. The van der Waals surface area contributed by atoms with Crippen LogP contribution in [0.3, 0.4) is 0 Å². The maximum absolute atomic E-state index is 12.3. The number of aromatic nitrogens is 2. The topological polar surface area (TPSA) is 84.0 Å². The molecule has 25 heavy (non-hydrogen) atoms. The van der Waals surface area contributed by atoms with Crippen LogP contribution in [0.25, 0.3) is 10.6 Å². The van der Waals surface area contributed by atoms with Gasteiger partial charge in [0.25, 0.3) is 5.91 Å². The average molecular weight is 350 g/mol. The van der Waals surface area contributed by atoms with Gasteiger partial charge < -0.3 is 10.6 Å². The number of fused-ring (bicyclic) bond motifs is 1. The van der Waals surface area contributed by atoms with Gasteiger partial charge in [-0.3, -0.25) is 14.6 Å². The SMILES string of the molecule is O=C1Cc2cc(C(=O)NCc3csc(-c4cccnc4)n3)ccc2N1. The van der Waals surface area contributed by atoms with Crippen LogP contribution in [-0.4, -0.2) is 21.8 Å². The van der Waals surface area contributed by atoms with Gasteiger partial charge in [0.05, 0.1) is 18.7 Å². The van der Waals surface area contributed by atoms with Crippen molar-refractivity contribution in [1.82, 2.24) is 15.3 Å². The average Bonchev–Trinajstić information content (AvgIpc) is 3.25. The third-order valence-corrected chi connectivity index (χ3v) is 4.82. The van der Waals surface area contributed by atoms with Crippen molar-refractivity contribution in [3.8, 4) is 10.6 Å². The molecule has 0 atom stereocenters. The Morgan fingerprint density at radius 3 is 3.08 bits per heavy atom. The Balaban J connectivity index is 1.42. The molecule has 124 valence electrons. The van der Waals surface area contributed by atoms with Crippen molar-refractivity contribution in [1.29, 1.82) is 0 Å². The Morgan fingerprint density at radius 2 is 2.24 bits per heavy atom. The number of hydrogen-bond donors (Lipinski definition) is 2. The van der Waals surface area contributed by atoms with Crippen molar-refractivity contribution in [2.75, 3.05) is 5.32 Å². The minimum Gasteiger partial charge on any atom is -0.346 e. The van der Waals surface area contributed by atoms with E-state index in [0.717, 1.165) is 27.5 Å². The molecule has 2 amide bonds. The van der Waals surface area contributed by atoms with E-state index in [1.54, 1.807) is 30.6 Å². The zero-order chi connectivity index (χ0) is 17.2. The fraction of sp³-hybridized carbons (Fsp3) is 0.111. The van der Waals surface area contributed by atoms with E-state index in [4.69, 9.17) is 0 Å². The molecule has 1 aliphatic heterocycles. The number of pyridine rings is 1. The van der Waals surface area contributed by atoms with Gasteiger partial charge in [0.15, 0.2) is 0 Å². The first-order valence-corrected chi connectivity index (χ1v) is 8.63. The first-order valence-electron chi connectivity index (χ1n) is 7.75. The van der Waals surface area contributed by atoms with Crippen LogP contribution in [0.4, 0.5) is 5.69 Å². The number of rotatable bonds is 4. The first kappa shape index (κ1) is 15.5. The summed E-state index contributed by atoms with van der Waals surface area (Å²) in [6, 6.07) is 9.05. The molecule has 7 heteroatoms. The first-order chi connectivity index (χ1) is 12.2. The van der Waals surface area contributed by atoms with Crippen LogP contribution in [0.1, 0.15) is 21.6 Å². The number of nitrogens with one attached hydrogen (secondary N) is 2. The number of carbonyl (C=O) groups excluding carboxylic acids is 2. The second-order valence-corrected chi connectivity index (χ2v) is 6.52. The van der Waals surface area contributed by atoms with Gasteiger partial charge in [0.1, 0.15) is 5.01 Å². The predicted molar refractivity (Wildman–Crippen MR) is 95.3 cm³/mol. The lowest BCUT2D eigenvalue weighted by molar-refractivity contribution is -0.115. The zero-order valence-corrected chi connectivity index (χ0v) is 14.0. The minimum absolute atomic E-state index is 0.0436. The number of nitrogens with zero attached hydrogens (tertiary/aromatic N) is 2. The summed E-state index contributed by atoms with van der Waals surface area (Å²) in [6.45, 7) is 0.351. The van der Waals surface area contributed by atoms with E-state index >= 15 is 0 Å². The molecule has 0 spiro atoms. The number of amides is 2. The summed E-state index contributed by atoms with van der Waals surface area (Å²) in [7, 11) is 0. The molecule has 0 unspecified atom stereocenters. The van der Waals surface area contributed by atoms with Crippen LogP contribution in [-0.2, 0) is 17.8 Å². The van der Waals surface area contributed by atoms with E-state index in [1.807, 2.05) is 17.5 Å². The smallest absolute Gasteiger partial charge is 0.251 e. The van der Waals surface area contributed by atoms with Crippen LogP contribution in [0.15, 0.2) is 48.1 Å². The summed E-state index contributed by atoms with van der Waals surface area (Å²) < 4.78 is 0.